The molecule has 0 aliphatic carbocycles. The molecule has 106 valence electrons. The van der Waals surface area contributed by atoms with Crippen LogP contribution in [0.2, 0.25) is 10.0 Å². The predicted octanol–water partition coefficient (Wildman–Crippen LogP) is 3.10. The number of nitrogens with zero attached hydrogens (tertiary/aromatic N) is 1. The summed E-state index contributed by atoms with van der Waals surface area (Å²) < 4.78 is 5.18. The van der Waals surface area contributed by atoms with E-state index in [2.05, 4.69) is 4.90 Å². The zero-order valence-electron chi connectivity index (χ0n) is 11.1. The molecule has 1 aromatic rings. The molecular formula is C14H20Cl2N2O. The molecule has 3 nitrogen and oxygen atoms in total. The molecular weight excluding hydrogens is 283 g/mol. The first kappa shape index (κ1) is 15.1. The fourth-order valence-corrected chi connectivity index (χ4v) is 3.37. The summed E-state index contributed by atoms with van der Waals surface area (Å²) in [5, 5.41) is 1.38. The van der Waals surface area contributed by atoms with Crippen molar-refractivity contribution in [2.45, 2.75) is 24.9 Å². The Morgan fingerprint density at radius 1 is 1.37 bits per heavy atom. The van der Waals surface area contributed by atoms with Crippen LogP contribution in [0.3, 0.4) is 0 Å². The smallest absolute Gasteiger partial charge is 0.0589 e. The highest BCUT2D eigenvalue weighted by molar-refractivity contribution is 6.36. The molecule has 1 aromatic carbocycles. The van der Waals surface area contributed by atoms with Gasteiger partial charge in [0, 0.05) is 35.3 Å². The Kier molecular flexibility index (Phi) is 5.48. The highest BCUT2D eigenvalue weighted by atomic mass is 35.5. The van der Waals surface area contributed by atoms with Gasteiger partial charge in [-0.15, -0.1) is 0 Å². The Morgan fingerprint density at radius 3 is 2.68 bits per heavy atom. The normalized spacial score (nSPS) is 24.6. The Labute approximate surface area is 124 Å². The van der Waals surface area contributed by atoms with E-state index < -0.39 is 0 Å². The number of piperidine rings is 1. The fraction of sp³-hybridized carbons (Fsp3) is 0.571. The summed E-state index contributed by atoms with van der Waals surface area (Å²) in [4.78, 5) is 2.32. The zero-order valence-corrected chi connectivity index (χ0v) is 12.6. The summed E-state index contributed by atoms with van der Waals surface area (Å²) in [6, 6.07) is 5.74. The first-order chi connectivity index (χ1) is 9.15. The van der Waals surface area contributed by atoms with E-state index in [1.54, 1.807) is 7.11 Å². The van der Waals surface area contributed by atoms with Crippen molar-refractivity contribution >= 4 is 23.2 Å². The van der Waals surface area contributed by atoms with Gasteiger partial charge in [0.1, 0.15) is 0 Å². The number of likely N-dealkylation sites (tertiary alicyclic amines) is 1. The average Bonchev–Trinajstić information content (AvgIpc) is 2.38. The summed E-state index contributed by atoms with van der Waals surface area (Å²) in [6.07, 6.45) is 2.10. The molecule has 19 heavy (non-hydrogen) atoms. The number of methoxy groups -OCH3 is 1. The van der Waals surface area contributed by atoms with Gasteiger partial charge < -0.3 is 10.5 Å². The monoisotopic (exact) mass is 302 g/mol. The Bertz CT molecular complexity index is 408. The van der Waals surface area contributed by atoms with Crippen molar-refractivity contribution in [3.05, 3.63) is 33.8 Å². The van der Waals surface area contributed by atoms with Gasteiger partial charge in [0.05, 0.1) is 12.6 Å². The topological polar surface area (TPSA) is 38.5 Å². The Morgan fingerprint density at radius 2 is 2.05 bits per heavy atom. The molecule has 5 heteroatoms. The number of hydrogen-bond donors (Lipinski definition) is 1. The van der Waals surface area contributed by atoms with Gasteiger partial charge in [-0.2, -0.15) is 0 Å². The van der Waals surface area contributed by atoms with Crippen LogP contribution in [-0.4, -0.2) is 37.7 Å². The molecule has 2 N–H and O–H groups in total. The van der Waals surface area contributed by atoms with Crippen molar-refractivity contribution in [1.82, 2.24) is 4.90 Å². The van der Waals surface area contributed by atoms with E-state index in [-0.39, 0.29) is 12.1 Å². The molecule has 1 fully saturated rings. The van der Waals surface area contributed by atoms with Gasteiger partial charge in [-0.05, 0) is 31.5 Å². The lowest BCUT2D eigenvalue weighted by molar-refractivity contribution is 0.0849. The predicted molar refractivity (Wildman–Crippen MR) is 79.9 cm³/mol. The lowest BCUT2D eigenvalue weighted by atomic mass is 9.91. The molecule has 1 saturated heterocycles. The summed E-state index contributed by atoms with van der Waals surface area (Å²) in [7, 11) is 1.71. The van der Waals surface area contributed by atoms with Crippen molar-refractivity contribution in [1.29, 1.82) is 0 Å². The summed E-state index contributed by atoms with van der Waals surface area (Å²) in [6.45, 7) is 2.53. The number of ether oxygens (including phenoxy) is 1. The molecule has 0 aromatic heterocycles. The van der Waals surface area contributed by atoms with E-state index in [9.17, 15) is 0 Å². The van der Waals surface area contributed by atoms with Crippen LogP contribution >= 0.6 is 23.2 Å². The Hall–Kier alpha value is -0.320. The largest absolute Gasteiger partial charge is 0.383 e. The van der Waals surface area contributed by atoms with Crippen LogP contribution < -0.4 is 5.73 Å². The van der Waals surface area contributed by atoms with Crippen molar-refractivity contribution in [2.24, 2.45) is 5.73 Å². The van der Waals surface area contributed by atoms with Crippen molar-refractivity contribution in [2.75, 3.05) is 26.8 Å². The second-order valence-electron chi connectivity index (χ2n) is 4.92. The van der Waals surface area contributed by atoms with Gasteiger partial charge in [0.15, 0.2) is 0 Å². The lowest BCUT2D eigenvalue weighted by Crippen LogP contribution is -2.47. The van der Waals surface area contributed by atoms with Crippen molar-refractivity contribution < 1.29 is 4.74 Å². The van der Waals surface area contributed by atoms with Gasteiger partial charge in [-0.1, -0.05) is 29.3 Å². The maximum Gasteiger partial charge on any atom is 0.0589 e. The van der Waals surface area contributed by atoms with Crippen LogP contribution in [-0.2, 0) is 4.74 Å². The second kappa shape index (κ2) is 6.91. The number of nitrogens with two attached hydrogens (primary N) is 1. The third-order valence-corrected chi connectivity index (χ3v) is 4.32. The van der Waals surface area contributed by atoms with E-state index in [1.807, 2.05) is 18.2 Å². The van der Waals surface area contributed by atoms with E-state index in [1.165, 1.54) is 0 Å². The summed E-state index contributed by atoms with van der Waals surface area (Å²) in [5.74, 6) is 0. The van der Waals surface area contributed by atoms with Crippen LogP contribution in [0, 0.1) is 0 Å². The third-order valence-electron chi connectivity index (χ3n) is 3.66. The maximum absolute atomic E-state index is 6.33. The summed E-state index contributed by atoms with van der Waals surface area (Å²) >= 11 is 12.7. The van der Waals surface area contributed by atoms with E-state index in [0.717, 1.165) is 31.5 Å². The summed E-state index contributed by atoms with van der Waals surface area (Å²) in [5.41, 5.74) is 7.26. The number of hydrogen-bond acceptors (Lipinski definition) is 3. The molecule has 1 heterocycles. The van der Waals surface area contributed by atoms with Crippen LogP contribution in [0.5, 0.6) is 0 Å². The molecule has 2 rings (SSSR count). The molecule has 0 spiro atoms. The molecule has 2 unspecified atom stereocenters. The van der Waals surface area contributed by atoms with Crippen LogP contribution in [0.4, 0.5) is 0 Å². The minimum absolute atomic E-state index is 0.0583. The molecule has 0 saturated carbocycles. The minimum Gasteiger partial charge on any atom is -0.383 e. The van der Waals surface area contributed by atoms with Crippen LogP contribution in [0.1, 0.15) is 24.4 Å². The molecule has 0 radical (unpaired) electrons. The third kappa shape index (κ3) is 3.41. The number of benzene rings is 1. The van der Waals surface area contributed by atoms with Gasteiger partial charge in [0.2, 0.25) is 0 Å². The van der Waals surface area contributed by atoms with Crippen LogP contribution in [0.25, 0.3) is 0 Å². The minimum atomic E-state index is 0.0583. The van der Waals surface area contributed by atoms with Crippen molar-refractivity contribution in [3.8, 4) is 0 Å². The molecule has 0 bridgehead atoms. The SMILES string of the molecule is COCCN1CCCC(N)C1c1c(Cl)cccc1Cl. The van der Waals surface area contributed by atoms with Gasteiger partial charge in [-0.25, -0.2) is 0 Å². The highest BCUT2D eigenvalue weighted by Crippen LogP contribution is 2.38. The molecule has 1 aliphatic rings. The van der Waals surface area contributed by atoms with Crippen molar-refractivity contribution in [3.63, 3.8) is 0 Å². The van der Waals surface area contributed by atoms with E-state index >= 15 is 0 Å². The standard InChI is InChI=1S/C14H20Cl2N2O/c1-19-9-8-18-7-3-6-12(17)14(18)13-10(15)4-2-5-11(13)16/h2,4-5,12,14H,3,6-9,17H2,1H3. The quantitative estimate of drug-likeness (QED) is 0.929. The zero-order chi connectivity index (χ0) is 13.8. The Balaban J connectivity index is 2.30. The average molecular weight is 303 g/mol. The fourth-order valence-electron chi connectivity index (χ4n) is 2.75. The maximum atomic E-state index is 6.33. The van der Waals surface area contributed by atoms with Gasteiger partial charge in [0.25, 0.3) is 0 Å². The molecule has 0 amide bonds. The van der Waals surface area contributed by atoms with Gasteiger partial charge in [-0.3, -0.25) is 4.90 Å². The van der Waals surface area contributed by atoms with E-state index in [0.29, 0.717) is 16.7 Å². The first-order valence-corrected chi connectivity index (χ1v) is 7.33. The first-order valence-electron chi connectivity index (χ1n) is 6.57. The van der Waals surface area contributed by atoms with Gasteiger partial charge >= 0.3 is 0 Å². The van der Waals surface area contributed by atoms with Crippen LogP contribution in [0.15, 0.2) is 18.2 Å². The number of halogens is 2. The lowest BCUT2D eigenvalue weighted by Gasteiger charge is -2.40. The molecule has 2 atom stereocenters. The second-order valence-corrected chi connectivity index (χ2v) is 5.73. The number of rotatable bonds is 4. The highest BCUT2D eigenvalue weighted by Gasteiger charge is 2.32. The molecule has 1 aliphatic heterocycles. The van der Waals surface area contributed by atoms with E-state index in [4.69, 9.17) is 33.7 Å².